The van der Waals surface area contributed by atoms with Crippen molar-refractivity contribution >= 4 is 33.5 Å². The zero-order valence-corrected chi connectivity index (χ0v) is 18.7. The average Bonchev–Trinajstić information content (AvgIpc) is 3.51. The lowest BCUT2D eigenvalue weighted by atomic mass is 9.90. The van der Waals surface area contributed by atoms with Gasteiger partial charge in [0.2, 0.25) is 0 Å². The van der Waals surface area contributed by atoms with E-state index in [0.717, 1.165) is 25.1 Å². The largest absolute Gasteiger partial charge is 0.433 e. The minimum Gasteiger partial charge on any atom is -0.344 e. The first-order valence-corrected chi connectivity index (χ1v) is 12.0. The van der Waals surface area contributed by atoms with Gasteiger partial charge in [-0.1, -0.05) is 11.6 Å². The third-order valence-electron chi connectivity index (χ3n) is 6.10. The van der Waals surface area contributed by atoms with Gasteiger partial charge in [-0.15, -0.1) is 0 Å². The van der Waals surface area contributed by atoms with Crippen LogP contribution in [0, 0.1) is 5.82 Å². The van der Waals surface area contributed by atoms with Gasteiger partial charge in [-0.3, -0.25) is 0 Å². The van der Waals surface area contributed by atoms with E-state index in [1.807, 2.05) is 0 Å². The number of nitrogens with one attached hydrogen (secondary N) is 1. The highest BCUT2D eigenvalue weighted by molar-refractivity contribution is 7.83. The molecule has 2 saturated carbocycles. The van der Waals surface area contributed by atoms with Crippen LogP contribution in [0.5, 0.6) is 0 Å². The quantitative estimate of drug-likeness (QED) is 0.413. The molecule has 1 atom stereocenters. The van der Waals surface area contributed by atoms with Crippen LogP contribution in [-0.2, 0) is 23.7 Å². The maximum atomic E-state index is 15.2. The predicted molar refractivity (Wildman–Crippen MR) is 116 cm³/mol. The van der Waals surface area contributed by atoms with Crippen LogP contribution in [0.3, 0.4) is 0 Å². The van der Waals surface area contributed by atoms with Crippen LogP contribution < -0.4 is 4.72 Å². The van der Waals surface area contributed by atoms with Crippen molar-refractivity contribution in [1.82, 2.24) is 14.3 Å². The van der Waals surface area contributed by atoms with E-state index in [9.17, 15) is 21.8 Å². The molecule has 3 aromatic rings. The molecule has 33 heavy (non-hydrogen) atoms. The van der Waals surface area contributed by atoms with Crippen LogP contribution in [-0.4, -0.2) is 25.2 Å². The van der Waals surface area contributed by atoms with Gasteiger partial charge in [0, 0.05) is 52.3 Å². The molecule has 1 aromatic carbocycles. The van der Waals surface area contributed by atoms with E-state index in [1.165, 1.54) is 12.1 Å². The smallest absolute Gasteiger partial charge is 0.344 e. The highest BCUT2D eigenvalue weighted by Crippen LogP contribution is 2.42. The molecule has 176 valence electrons. The fraction of sp³-hybridized carbons (Fsp3) is 0.409. The zero-order valence-electron chi connectivity index (χ0n) is 17.1. The monoisotopic (exact) mass is 503 g/mol. The summed E-state index contributed by atoms with van der Waals surface area (Å²) in [5.74, 6) is -0.864. The lowest BCUT2D eigenvalue weighted by Crippen LogP contribution is -2.27. The molecule has 2 aromatic heterocycles. The molecule has 2 aliphatic carbocycles. The second kappa shape index (κ2) is 8.32. The Balaban J connectivity index is 1.62. The number of nitrogens with zero attached hydrogens (tertiary/aromatic N) is 2. The van der Waals surface area contributed by atoms with Gasteiger partial charge in [-0.25, -0.2) is 22.7 Å². The Bertz CT molecular complexity index is 1250. The molecule has 0 amide bonds. The van der Waals surface area contributed by atoms with Crippen molar-refractivity contribution in [3.63, 3.8) is 0 Å². The minimum absolute atomic E-state index is 0.0559. The first-order valence-electron chi connectivity index (χ1n) is 10.5. The number of hydrogen-bond donors (Lipinski definition) is 1. The fourth-order valence-electron chi connectivity index (χ4n) is 4.16. The Hall–Kier alpha value is -2.04. The number of halogens is 6. The van der Waals surface area contributed by atoms with E-state index < -0.39 is 40.4 Å². The summed E-state index contributed by atoms with van der Waals surface area (Å²) < 4.78 is 86.4. The summed E-state index contributed by atoms with van der Waals surface area (Å²) in [6.45, 7) is 0.198. The maximum absolute atomic E-state index is 15.2. The van der Waals surface area contributed by atoms with E-state index >= 15 is 4.39 Å². The van der Waals surface area contributed by atoms with Crippen molar-refractivity contribution in [1.29, 1.82) is 0 Å². The minimum atomic E-state index is -4.80. The van der Waals surface area contributed by atoms with Crippen molar-refractivity contribution in [3.8, 4) is 11.1 Å². The number of pyridine rings is 1. The number of rotatable bonds is 6. The summed E-state index contributed by atoms with van der Waals surface area (Å²) in [6, 6.07) is 3.35. The molecule has 0 radical (unpaired) electrons. The van der Waals surface area contributed by atoms with E-state index in [0.29, 0.717) is 16.5 Å². The first-order chi connectivity index (χ1) is 15.6. The molecule has 0 bridgehead atoms. The topological polar surface area (TPSA) is 46.9 Å². The molecular weight excluding hydrogens is 485 g/mol. The van der Waals surface area contributed by atoms with Gasteiger partial charge in [0.05, 0.1) is 16.0 Å². The van der Waals surface area contributed by atoms with Crippen LogP contribution in [0.25, 0.3) is 22.0 Å². The molecule has 11 heteroatoms. The second-order valence-electron chi connectivity index (χ2n) is 8.50. The highest BCUT2D eigenvalue weighted by Gasteiger charge is 2.37. The van der Waals surface area contributed by atoms with Gasteiger partial charge in [0.15, 0.2) is 5.69 Å². The van der Waals surface area contributed by atoms with Gasteiger partial charge in [0.25, 0.3) is 0 Å². The van der Waals surface area contributed by atoms with Gasteiger partial charge < -0.3 is 4.57 Å². The molecular formula is C22H19ClF5N3OS. The van der Waals surface area contributed by atoms with Crippen LogP contribution in [0.4, 0.5) is 22.0 Å². The molecule has 2 fully saturated rings. The van der Waals surface area contributed by atoms with Crippen molar-refractivity contribution < 1.29 is 26.2 Å². The molecule has 0 saturated heterocycles. The normalized spacial score (nSPS) is 21.9. The third kappa shape index (κ3) is 4.40. The number of alkyl halides is 4. The molecule has 2 heterocycles. The highest BCUT2D eigenvalue weighted by atomic mass is 35.5. The van der Waals surface area contributed by atoms with E-state index in [4.69, 9.17) is 11.6 Å². The standard InChI is InChI=1S/C22H19ClF5N3OS/c23-12-3-18(21(29-9-12)22(26,27)28)17-7-20-16(6-19(17)25)11(8-30-33(32)15-1-2-15)10-31(20)14-4-13(24)5-14/h3,6-7,9-10,13-15,30H,1-2,4-5,8H2. The Morgan fingerprint density at radius 1 is 1.18 bits per heavy atom. The second-order valence-corrected chi connectivity index (χ2v) is 10.5. The summed E-state index contributed by atoms with van der Waals surface area (Å²) in [6.07, 6.45) is -0.850. The number of hydrogen-bond acceptors (Lipinski definition) is 2. The van der Waals surface area contributed by atoms with E-state index in [2.05, 4.69) is 9.71 Å². The van der Waals surface area contributed by atoms with Crippen LogP contribution >= 0.6 is 11.6 Å². The molecule has 5 rings (SSSR count). The lowest BCUT2D eigenvalue weighted by Gasteiger charge is -2.31. The summed E-state index contributed by atoms with van der Waals surface area (Å²) in [7, 11) is -1.22. The van der Waals surface area contributed by atoms with Crippen molar-refractivity contribution in [3.05, 3.63) is 52.7 Å². The predicted octanol–water partition coefficient (Wildman–Crippen LogP) is 6.10. The summed E-state index contributed by atoms with van der Waals surface area (Å²) in [4.78, 5) is 3.39. The molecule has 1 unspecified atom stereocenters. The molecule has 0 spiro atoms. The van der Waals surface area contributed by atoms with Crippen LogP contribution in [0.1, 0.15) is 43.0 Å². The third-order valence-corrected chi connectivity index (χ3v) is 7.81. The van der Waals surface area contributed by atoms with Crippen molar-refractivity contribution in [2.75, 3.05) is 0 Å². The number of benzene rings is 1. The number of fused-ring (bicyclic) bond motifs is 1. The van der Waals surface area contributed by atoms with Crippen molar-refractivity contribution in [2.24, 2.45) is 0 Å². The van der Waals surface area contributed by atoms with E-state index in [-0.39, 0.29) is 41.3 Å². The molecule has 2 aliphatic rings. The SMILES string of the molecule is O=S(NCc1cn(C2CC(F)C2)c2cc(-c3cc(Cl)cnc3C(F)(F)F)c(F)cc12)C1CC1. The van der Waals surface area contributed by atoms with Crippen LogP contribution in [0.15, 0.2) is 30.6 Å². The van der Waals surface area contributed by atoms with E-state index in [1.54, 1.807) is 10.8 Å². The molecule has 0 aliphatic heterocycles. The van der Waals surface area contributed by atoms with Crippen molar-refractivity contribution in [2.45, 2.75) is 55.9 Å². The Morgan fingerprint density at radius 3 is 2.55 bits per heavy atom. The number of aromatic nitrogens is 2. The lowest BCUT2D eigenvalue weighted by molar-refractivity contribution is -0.140. The average molecular weight is 504 g/mol. The van der Waals surface area contributed by atoms with Gasteiger partial charge in [-0.2, -0.15) is 13.2 Å². The Kier molecular flexibility index (Phi) is 5.73. The van der Waals surface area contributed by atoms with Crippen LogP contribution in [0.2, 0.25) is 5.02 Å². The maximum Gasteiger partial charge on any atom is 0.433 e. The summed E-state index contributed by atoms with van der Waals surface area (Å²) in [5.41, 5.74) is -0.870. The van der Waals surface area contributed by atoms with Gasteiger partial charge in [-0.05, 0) is 49.4 Å². The molecule has 1 N–H and O–H groups in total. The zero-order chi connectivity index (χ0) is 23.5. The van der Waals surface area contributed by atoms with Gasteiger partial charge in [0.1, 0.15) is 12.0 Å². The molecule has 4 nitrogen and oxygen atoms in total. The Labute approximate surface area is 193 Å². The summed E-state index contributed by atoms with van der Waals surface area (Å²) >= 11 is 5.89. The Morgan fingerprint density at radius 2 is 1.91 bits per heavy atom. The summed E-state index contributed by atoms with van der Waals surface area (Å²) in [5, 5.41) is 0.527. The fourth-order valence-corrected chi connectivity index (χ4v) is 5.41. The van der Waals surface area contributed by atoms with Gasteiger partial charge >= 0.3 is 6.18 Å². The first kappa shape index (κ1) is 22.7.